The molecule has 1 saturated heterocycles. The highest BCUT2D eigenvalue weighted by molar-refractivity contribution is 7.89. The van der Waals surface area contributed by atoms with Crippen molar-refractivity contribution in [2.24, 2.45) is 5.41 Å². The number of piperidine rings is 1. The van der Waals surface area contributed by atoms with Gasteiger partial charge in [-0.05, 0) is 24.5 Å². The minimum absolute atomic E-state index is 0.136. The standard InChI is InChI=1S/C23H29NO6S/c1-15-7-9-18(10-8-15)31(26,27)24-14-16(25)13-23(2,3)22(24)21-19(29-5)11-17(28-4)12-20(21)30-6/h7-12,22H,13-14H2,1-6H3/t22-/m1/s1. The summed E-state index contributed by atoms with van der Waals surface area (Å²) in [4.78, 5) is 12.8. The fraction of sp³-hybridized carbons (Fsp3) is 0.435. The van der Waals surface area contributed by atoms with E-state index in [1.807, 2.05) is 20.8 Å². The molecule has 1 heterocycles. The molecule has 3 rings (SSSR count). The zero-order chi connectivity index (χ0) is 23.0. The number of nitrogens with zero attached hydrogens (tertiary/aromatic N) is 1. The van der Waals surface area contributed by atoms with Crippen molar-refractivity contribution in [1.29, 1.82) is 0 Å². The lowest BCUT2D eigenvalue weighted by Crippen LogP contribution is -2.50. The van der Waals surface area contributed by atoms with Crippen LogP contribution in [0.15, 0.2) is 41.3 Å². The number of carbonyl (C=O) groups excluding carboxylic acids is 1. The number of benzene rings is 2. The molecule has 0 bridgehead atoms. The maximum atomic E-state index is 13.7. The van der Waals surface area contributed by atoms with Crippen LogP contribution in [0, 0.1) is 12.3 Å². The van der Waals surface area contributed by atoms with Gasteiger partial charge in [0.1, 0.15) is 23.0 Å². The van der Waals surface area contributed by atoms with E-state index >= 15 is 0 Å². The smallest absolute Gasteiger partial charge is 0.244 e. The second kappa shape index (κ2) is 8.51. The summed E-state index contributed by atoms with van der Waals surface area (Å²) in [6.45, 7) is 5.44. The summed E-state index contributed by atoms with van der Waals surface area (Å²) in [7, 11) is 0.580. The number of rotatable bonds is 6. The Bertz CT molecular complexity index is 1050. The highest BCUT2D eigenvalue weighted by Crippen LogP contribution is 2.52. The number of aryl methyl sites for hydroxylation is 1. The fourth-order valence-electron chi connectivity index (χ4n) is 4.22. The van der Waals surface area contributed by atoms with Gasteiger partial charge in [0, 0.05) is 18.6 Å². The topological polar surface area (TPSA) is 82.1 Å². The van der Waals surface area contributed by atoms with Crippen molar-refractivity contribution in [2.45, 2.75) is 38.1 Å². The van der Waals surface area contributed by atoms with E-state index < -0.39 is 21.5 Å². The molecule has 1 aliphatic rings. The van der Waals surface area contributed by atoms with Crippen molar-refractivity contribution in [3.05, 3.63) is 47.5 Å². The molecule has 0 N–H and O–H groups in total. The quantitative estimate of drug-likeness (QED) is 0.671. The highest BCUT2D eigenvalue weighted by atomic mass is 32.2. The van der Waals surface area contributed by atoms with Crippen molar-refractivity contribution in [1.82, 2.24) is 4.31 Å². The summed E-state index contributed by atoms with van der Waals surface area (Å²) in [5.41, 5.74) is 0.811. The van der Waals surface area contributed by atoms with Crippen LogP contribution in [0.5, 0.6) is 17.2 Å². The van der Waals surface area contributed by atoms with E-state index in [0.717, 1.165) is 5.56 Å². The van der Waals surface area contributed by atoms with Crippen LogP contribution in [0.25, 0.3) is 0 Å². The van der Waals surface area contributed by atoms with Crippen molar-refractivity contribution < 1.29 is 27.4 Å². The van der Waals surface area contributed by atoms with Crippen LogP contribution in [0.1, 0.15) is 37.4 Å². The zero-order valence-corrected chi connectivity index (χ0v) is 19.6. The lowest BCUT2D eigenvalue weighted by molar-refractivity contribution is -0.126. The van der Waals surface area contributed by atoms with Gasteiger partial charge < -0.3 is 14.2 Å². The molecular formula is C23H29NO6S. The Hall–Kier alpha value is -2.58. The average molecular weight is 448 g/mol. The average Bonchev–Trinajstić information content (AvgIpc) is 2.72. The first kappa shape index (κ1) is 23.1. The van der Waals surface area contributed by atoms with E-state index in [4.69, 9.17) is 14.2 Å². The van der Waals surface area contributed by atoms with Crippen molar-refractivity contribution >= 4 is 15.8 Å². The van der Waals surface area contributed by atoms with Crippen LogP contribution in [0.3, 0.4) is 0 Å². The number of sulfonamides is 1. The second-order valence-corrected chi connectivity index (χ2v) is 10.3. The van der Waals surface area contributed by atoms with Crippen molar-refractivity contribution in [3.8, 4) is 17.2 Å². The number of Topliss-reactive ketones (excluding diaryl/α,β-unsaturated/α-hetero) is 1. The highest BCUT2D eigenvalue weighted by Gasteiger charge is 2.49. The molecule has 1 fully saturated rings. The van der Waals surface area contributed by atoms with Gasteiger partial charge in [-0.25, -0.2) is 8.42 Å². The van der Waals surface area contributed by atoms with Gasteiger partial charge >= 0.3 is 0 Å². The Morgan fingerprint density at radius 2 is 1.52 bits per heavy atom. The second-order valence-electron chi connectivity index (χ2n) is 8.42. The monoisotopic (exact) mass is 447 g/mol. The third-order valence-electron chi connectivity index (χ3n) is 5.67. The normalized spacial score (nSPS) is 19.2. The summed E-state index contributed by atoms with van der Waals surface area (Å²) in [6.07, 6.45) is 0.232. The SMILES string of the molecule is COc1cc(OC)c([C@H]2N(S(=O)(=O)c3ccc(C)cc3)CC(=O)CC2(C)C)c(OC)c1. The third-order valence-corrected chi connectivity index (χ3v) is 7.49. The Morgan fingerprint density at radius 3 is 2.00 bits per heavy atom. The largest absolute Gasteiger partial charge is 0.496 e. The number of hydrogen-bond acceptors (Lipinski definition) is 6. The molecule has 0 radical (unpaired) electrons. The lowest BCUT2D eigenvalue weighted by Gasteiger charge is -2.45. The van der Waals surface area contributed by atoms with Gasteiger partial charge in [0.2, 0.25) is 10.0 Å². The maximum absolute atomic E-state index is 13.7. The zero-order valence-electron chi connectivity index (χ0n) is 18.8. The molecule has 0 saturated carbocycles. The van der Waals surface area contributed by atoms with Crippen LogP contribution < -0.4 is 14.2 Å². The minimum Gasteiger partial charge on any atom is -0.496 e. The summed E-state index contributed by atoms with van der Waals surface area (Å²) in [5.74, 6) is 1.26. The van der Waals surface area contributed by atoms with E-state index in [9.17, 15) is 13.2 Å². The Morgan fingerprint density at radius 1 is 0.968 bits per heavy atom. The number of ketones is 1. The van der Waals surface area contributed by atoms with Gasteiger partial charge in [0.05, 0.1) is 44.4 Å². The van der Waals surface area contributed by atoms with Gasteiger partial charge in [-0.3, -0.25) is 4.79 Å². The summed E-state index contributed by atoms with van der Waals surface area (Å²) in [6, 6.07) is 9.32. The molecule has 2 aromatic rings. The predicted molar refractivity (Wildman–Crippen MR) is 117 cm³/mol. The van der Waals surface area contributed by atoms with Crippen molar-refractivity contribution in [3.63, 3.8) is 0 Å². The molecule has 168 valence electrons. The van der Waals surface area contributed by atoms with E-state index in [1.165, 1.54) is 25.6 Å². The first-order valence-corrected chi connectivity index (χ1v) is 11.4. The molecule has 0 unspecified atom stereocenters. The van der Waals surface area contributed by atoms with Crippen molar-refractivity contribution in [2.75, 3.05) is 27.9 Å². The summed E-state index contributed by atoms with van der Waals surface area (Å²) < 4.78 is 45.3. The summed E-state index contributed by atoms with van der Waals surface area (Å²) in [5, 5.41) is 0. The van der Waals surface area contributed by atoms with E-state index in [0.29, 0.717) is 22.8 Å². The van der Waals surface area contributed by atoms with Gasteiger partial charge in [0.15, 0.2) is 0 Å². The Labute approximate surface area is 184 Å². The molecule has 1 aliphatic heterocycles. The van der Waals surface area contributed by atoms with Gasteiger partial charge in [0.25, 0.3) is 0 Å². The van der Waals surface area contributed by atoms with Crippen LogP contribution >= 0.6 is 0 Å². The maximum Gasteiger partial charge on any atom is 0.244 e. The fourth-order valence-corrected chi connectivity index (χ4v) is 5.95. The van der Waals surface area contributed by atoms with E-state index in [2.05, 4.69) is 0 Å². The molecule has 31 heavy (non-hydrogen) atoms. The molecule has 7 nitrogen and oxygen atoms in total. The van der Waals surface area contributed by atoms with E-state index in [1.54, 1.807) is 36.4 Å². The molecule has 0 amide bonds. The molecule has 1 atom stereocenters. The molecule has 0 aromatic heterocycles. The van der Waals surface area contributed by atoms with Crippen LogP contribution in [-0.4, -0.2) is 46.4 Å². The number of hydrogen-bond donors (Lipinski definition) is 0. The molecule has 8 heteroatoms. The molecule has 2 aromatic carbocycles. The third kappa shape index (κ3) is 4.27. The number of ether oxygens (including phenoxy) is 3. The summed E-state index contributed by atoms with van der Waals surface area (Å²) >= 11 is 0. The number of methoxy groups -OCH3 is 3. The van der Waals surface area contributed by atoms with Gasteiger partial charge in [-0.15, -0.1) is 0 Å². The first-order valence-electron chi connectivity index (χ1n) is 9.95. The van der Waals surface area contributed by atoms with Gasteiger partial charge in [-0.1, -0.05) is 31.5 Å². The Kier molecular flexibility index (Phi) is 6.34. The van der Waals surface area contributed by atoms with E-state index in [-0.39, 0.29) is 23.6 Å². The van der Waals surface area contributed by atoms with Crippen LogP contribution in [0.2, 0.25) is 0 Å². The Balaban J connectivity index is 2.27. The minimum atomic E-state index is -3.98. The number of carbonyl (C=O) groups is 1. The van der Waals surface area contributed by atoms with Gasteiger partial charge in [-0.2, -0.15) is 4.31 Å². The van der Waals surface area contributed by atoms with Crippen LogP contribution in [-0.2, 0) is 14.8 Å². The lowest BCUT2D eigenvalue weighted by atomic mass is 9.73. The predicted octanol–water partition coefficient (Wildman–Crippen LogP) is 3.75. The molecular weight excluding hydrogens is 418 g/mol. The van der Waals surface area contributed by atoms with Crippen LogP contribution in [0.4, 0.5) is 0 Å². The molecule has 0 spiro atoms. The first-order chi connectivity index (χ1) is 14.5. The molecule has 0 aliphatic carbocycles.